The van der Waals surface area contributed by atoms with Crippen LogP contribution < -0.4 is 5.32 Å². The molecule has 2 N–H and O–H groups in total. The number of amides is 1. The molecule has 0 radical (unpaired) electrons. The van der Waals surface area contributed by atoms with Crippen molar-refractivity contribution in [3.63, 3.8) is 0 Å². The van der Waals surface area contributed by atoms with Crippen LogP contribution in [0.25, 0.3) is 0 Å². The Morgan fingerprint density at radius 1 is 1.27 bits per heavy atom. The topological polar surface area (TPSA) is 83.5 Å². The monoisotopic (exact) mass is 383 g/mol. The summed E-state index contributed by atoms with van der Waals surface area (Å²) in [6.07, 6.45) is 5.09. The van der Waals surface area contributed by atoms with Gasteiger partial charge in [-0.2, -0.15) is 0 Å². The third-order valence-corrected chi connectivity index (χ3v) is 1.76. The molecule has 1 atom stereocenters. The van der Waals surface area contributed by atoms with Crippen molar-refractivity contribution in [2.75, 3.05) is 13.2 Å². The number of carbonyl (C=O) groups is 2. The van der Waals surface area contributed by atoms with E-state index in [1.54, 1.807) is 6.92 Å². The van der Waals surface area contributed by atoms with E-state index in [0.29, 0.717) is 0 Å². The van der Waals surface area contributed by atoms with Gasteiger partial charge in [0.25, 0.3) is 0 Å². The maximum atomic E-state index is 11.5. The van der Waals surface area contributed by atoms with Gasteiger partial charge in [-0.3, -0.25) is 14.2 Å². The van der Waals surface area contributed by atoms with E-state index in [2.05, 4.69) is 68.6 Å². The molecular weight excluding hydrogens is 371 g/mol. The van der Waals surface area contributed by atoms with Gasteiger partial charge in [0.05, 0.1) is 6.61 Å². The highest BCUT2D eigenvalue weighted by molar-refractivity contribution is 8.24. The van der Waals surface area contributed by atoms with Crippen molar-refractivity contribution in [3.8, 4) is 36.0 Å². The molecule has 0 bridgehead atoms. The number of ketones is 1. The van der Waals surface area contributed by atoms with Gasteiger partial charge < -0.3 is 10.4 Å². The Balaban J connectivity index is 0. The minimum Gasteiger partial charge on any atom is -0.395 e. The summed E-state index contributed by atoms with van der Waals surface area (Å²) in [6.45, 7) is 1.54. The number of aliphatic hydroxyl groups is 1. The van der Waals surface area contributed by atoms with Crippen molar-refractivity contribution in [3.05, 3.63) is 0 Å². The summed E-state index contributed by atoms with van der Waals surface area (Å²) in [4.78, 5) is 23.0. The molecule has 0 spiro atoms. The van der Waals surface area contributed by atoms with Crippen LogP contribution in [0.15, 0.2) is 0 Å². The van der Waals surface area contributed by atoms with E-state index in [-0.39, 0.29) is 25.4 Å². The summed E-state index contributed by atoms with van der Waals surface area (Å²) < 4.78 is 9.51. The van der Waals surface area contributed by atoms with Crippen LogP contribution in [0.2, 0.25) is 0 Å². The molecule has 0 aliphatic heterocycles. The van der Waals surface area contributed by atoms with Gasteiger partial charge in [-0.25, -0.2) is 0 Å². The maximum absolute atomic E-state index is 11.5. The fourth-order valence-electron chi connectivity index (χ4n) is 0.953. The Morgan fingerprint density at radius 2 is 1.82 bits per heavy atom. The molecule has 0 heterocycles. The van der Waals surface area contributed by atoms with E-state index in [0.717, 1.165) is 0 Å². The van der Waals surface area contributed by atoms with Gasteiger partial charge in [0, 0.05) is 13.0 Å². The van der Waals surface area contributed by atoms with E-state index >= 15 is 0 Å². The molecule has 0 aliphatic carbocycles. The molecule has 22 heavy (non-hydrogen) atoms. The standard InChI is InChI=1S/C13H13NO3.Cl3OP/c1-3-5-6-7-8-11(12(16)4-2)13(17)14-9-10-15;1-5(2,3)4/h1,11,15H,4,9-10H2,2H3,(H,14,17);. The number of hydrogen-bond donors (Lipinski definition) is 2. The Hall–Kier alpha value is -1.12. The number of nitrogens with one attached hydrogen (secondary N) is 1. The lowest BCUT2D eigenvalue weighted by Gasteiger charge is -2.08. The Kier molecular flexibility index (Phi) is 14.2. The predicted molar refractivity (Wildman–Crippen MR) is 88.4 cm³/mol. The summed E-state index contributed by atoms with van der Waals surface area (Å²) in [5.74, 6) is 9.59. The third-order valence-electron chi connectivity index (χ3n) is 1.76. The van der Waals surface area contributed by atoms with E-state index in [1.165, 1.54) is 0 Å². The molecule has 0 aromatic rings. The largest absolute Gasteiger partial charge is 0.395 e. The number of rotatable bonds is 5. The zero-order valence-electron chi connectivity index (χ0n) is 11.5. The fraction of sp³-hybridized carbons (Fsp3) is 0.385. The van der Waals surface area contributed by atoms with Gasteiger partial charge in [0.2, 0.25) is 5.91 Å². The number of halogens is 3. The van der Waals surface area contributed by atoms with Crippen LogP contribution in [-0.2, 0) is 14.2 Å². The van der Waals surface area contributed by atoms with Crippen LogP contribution in [0.1, 0.15) is 13.3 Å². The molecule has 1 unspecified atom stereocenters. The zero-order chi connectivity index (χ0) is 17.6. The van der Waals surface area contributed by atoms with Gasteiger partial charge in [0.15, 0.2) is 11.7 Å². The van der Waals surface area contributed by atoms with Gasteiger partial charge in [0.1, 0.15) is 0 Å². The number of carbonyl (C=O) groups excluding carboxylic acids is 2. The molecule has 5 nitrogen and oxygen atoms in total. The molecule has 9 heteroatoms. The van der Waals surface area contributed by atoms with Crippen LogP contribution >= 0.6 is 38.9 Å². The fourth-order valence-corrected chi connectivity index (χ4v) is 0.953. The van der Waals surface area contributed by atoms with Crippen LogP contribution in [-0.4, -0.2) is 29.9 Å². The number of hydrogen-bond acceptors (Lipinski definition) is 4. The molecule has 0 rings (SSSR count). The minimum atomic E-state index is -3.22. The van der Waals surface area contributed by atoms with Crippen molar-refractivity contribution in [1.82, 2.24) is 5.32 Å². The first-order valence-corrected chi connectivity index (χ1v) is 10.2. The highest BCUT2D eigenvalue weighted by Gasteiger charge is 2.22. The molecule has 0 aromatic heterocycles. The summed E-state index contributed by atoms with van der Waals surface area (Å²) in [5, 5.41) is 7.72. The van der Waals surface area contributed by atoms with Crippen molar-refractivity contribution >= 4 is 50.6 Å². The molecule has 120 valence electrons. The SMILES string of the molecule is C#CC#CC#CC(C(=O)CC)C(=O)NCCO.O=P(Cl)(Cl)Cl. The van der Waals surface area contributed by atoms with E-state index < -0.39 is 17.0 Å². The predicted octanol–water partition coefficient (Wildman–Crippen LogP) is 2.14. The summed E-state index contributed by atoms with van der Waals surface area (Å²) in [5.41, 5.74) is 0. The lowest BCUT2D eigenvalue weighted by atomic mass is 10.0. The van der Waals surface area contributed by atoms with Crippen LogP contribution in [0.3, 0.4) is 0 Å². The Morgan fingerprint density at radius 3 is 2.23 bits per heavy atom. The average molecular weight is 385 g/mol. The van der Waals surface area contributed by atoms with Crippen molar-refractivity contribution in [2.24, 2.45) is 5.92 Å². The second kappa shape index (κ2) is 13.5. The third kappa shape index (κ3) is 16.9. The maximum Gasteiger partial charge on any atom is 0.339 e. The molecule has 0 aromatic carbocycles. The molecular formula is C13H13Cl3NO4P. The normalized spacial score (nSPS) is 10.2. The average Bonchev–Trinajstić information content (AvgIpc) is 2.42. The van der Waals surface area contributed by atoms with Crippen LogP contribution in [0.4, 0.5) is 0 Å². The quantitative estimate of drug-likeness (QED) is 0.432. The number of Topliss-reactive ketones (excluding diaryl/α,β-unsaturated/α-hetero) is 1. The number of terminal acetylenes is 1. The Bertz CT molecular complexity index is 578. The minimum absolute atomic E-state index is 0.0873. The lowest BCUT2D eigenvalue weighted by Crippen LogP contribution is -2.36. The molecule has 0 fully saturated rings. The first-order chi connectivity index (χ1) is 10.2. The van der Waals surface area contributed by atoms with Crippen LogP contribution in [0, 0.1) is 41.9 Å². The first kappa shape index (κ1) is 23.2. The van der Waals surface area contributed by atoms with E-state index in [1.807, 2.05) is 0 Å². The van der Waals surface area contributed by atoms with Gasteiger partial charge in [-0.15, -0.1) is 6.42 Å². The van der Waals surface area contributed by atoms with Crippen molar-refractivity contribution in [2.45, 2.75) is 13.3 Å². The Labute approximate surface area is 143 Å². The summed E-state index contributed by atoms with van der Waals surface area (Å²) in [7, 11) is 0. The highest BCUT2D eigenvalue weighted by Crippen LogP contribution is 2.61. The van der Waals surface area contributed by atoms with Crippen molar-refractivity contribution < 1.29 is 19.3 Å². The molecule has 0 aliphatic rings. The second-order valence-electron chi connectivity index (χ2n) is 3.33. The van der Waals surface area contributed by atoms with E-state index in [4.69, 9.17) is 11.5 Å². The molecule has 0 saturated heterocycles. The van der Waals surface area contributed by atoms with Gasteiger partial charge in [-0.1, -0.05) is 12.8 Å². The van der Waals surface area contributed by atoms with Crippen LogP contribution in [0.5, 0.6) is 0 Å². The zero-order valence-corrected chi connectivity index (χ0v) is 14.7. The van der Waals surface area contributed by atoms with Crippen molar-refractivity contribution in [1.29, 1.82) is 0 Å². The summed E-state index contributed by atoms with van der Waals surface area (Å²) in [6, 6.07) is 0. The van der Waals surface area contributed by atoms with Gasteiger partial charge >= 0.3 is 5.20 Å². The van der Waals surface area contributed by atoms with E-state index in [9.17, 15) is 14.2 Å². The lowest BCUT2D eigenvalue weighted by molar-refractivity contribution is -0.131. The smallest absolute Gasteiger partial charge is 0.339 e. The first-order valence-electron chi connectivity index (χ1n) is 5.73. The van der Waals surface area contributed by atoms with Gasteiger partial charge in [-0.05, 0) is 57.4 Å². The molecule has 0 saturated carbocycles. The summed E-state index contributed by atoms with van der Waals surface area (Å²) >= 11 is 13.8. The highest BCUT2D eigenvalue weighted by atomic mass is 36.0. The second-order valence-corrected chi connectivity index (χ2v) is 9.97. The number of aliphatic hydroxyl groups excluding tert-OH is 1. The molecule has 1 amide bonds.